The molecule has 114 valence electrons. The maximum Gasteiger partial charge on any atom is 0.233 e. The Labute approximate surface area is 135 Å². The van der Waals surface area contributed by atoms with Crippen molar-refractivity contribution in [3.8, 4) is 28.9 Å². The first-order chi connectivity index (χ1) is 11.3. The van der Waals surface area contributed by atoms with Crippen molar-refractivity contribution in [2.75, 3.05) is 6.61 Å². The Morgan fingerprint density at radius 2 is 1.74 bits per heavy atom. The normalized spacial score (nSPS) is 11.7. The summed E-state index contributed by atoms with van der Waals surface area (Å²) in [6, 6.07) is 24.1. The van der Waals surface area contributed by atoms with E-state index in [2.05, 4.69) is 11.2 Å². The first kappa shape index (κ1) is 14.9. The molecule has 0 aliphatic carbocycles. The maximum absolute atomic E-state index is 8.87. The van der Waals surface area contributed by atoms with Crippen LogP contribution in [0.5, 0.6) is 5.88 Å². The second-order valence-electron chi connectivity index (χ2n) is 5.32. The Balaban J connectivity index is 1.99. The summed E-state index contributed by atoms with van der Waals surface area (Å²) in [5.74, 6) is 0.354. The van der Waals surface area contributed by atoms with Gasteiger partial charge in [-0.25, -0.2) is 4.68 Å². The van der Waals surface area contributed by atoms with E-state index in [9.17, 15) is 0 Å². The lowest BCUT2D eigenvalue weighted by Crippen LogP contribution is -2.07. The summed E-state index contributed by atoms with van der Waals surface area (Å²) >= 11 is 0. The monoisotopic (exact) mass is 303 g/mol. The molecule has 1 aromatic heterocycles. The number of para-hydroxylation sites is 1. The van der Waals surface area contributed by atoms with Gasteiger partial charge in [-0.2, -0.15) is 5.26 Å². The van der Waals surface area contributed by atoms with Gasteiger partial charge in [0.1, 0.15) is 6.61 Å². The van der Waals surface area contributed by atoms with Crippen LogP contribution in [-0.2, 0) is 0 Å². The van der Waals surface area contributed by atoms with Gasteiger partial charge in [0.25, 0.3) is 0 Å². The highest BCUT2D eigenvalue weighted by Crippen LogP contribution is 2.27. The van der Waals surface area contributed by atoms with Crippen LogP contribution in [0, 0.1) is 17.2 Å². The maximum atomic E-state index is 8.87. The average Bonchev–Trinajstić information content (AvgIpc) is 3.05. The standard InChI is InChI=1S/C19H17N3O/c1-15(13-20)14-23-19-12-18(16-8-4-2-5-9-16)22(21-19)17-10-6-3-7-11-17/h2-12,15H,14H2,1H3. The minimum absolute atomic E-state index is 0.169. The third kappa shape index (κ3) is 3.41. The molecule has 3 aromatic rings. The predicted octanol–water partition coefficient (Wildman–Crippen LogP) is 4.08. The molecule has 1 atom stereocenters. The smallest absolute Gasteiger partial charge is 0.233 e. The summed E-state index contributed by atoms with van der Waals surface area (Å²) < 4.78 is 7.53. The van der Waals surface area contributed by atoms with Gasteiger partial charge in [-0.3, -0.25) is 0 Å². The Morgan fingerprint density at radius 1 is 1.09 bits per heavy atom. The Bertz CT molecular complexity index is 747. The summed E-state index contributed by atoms with van der Waals surface area (Å²) in [5, 5.41) is 13.4. The van der Waals surface area contributed by atoms with Crippen molar-refractivity contribution in [2.45, 2.75) is 6.92 Å². The van der Waals surface area contributed by atoms with Crippen LogP contribution < -0.4 is 4.74 Å². The fraction of sp³-hybridized carbons (Fsp3) is 0.158. The number of hydrogen-bond acceptors (Lipinski definition) is 3. The molecule has 1 heterocycles. The largest absolute Gasteiger partial charge is 0.475 e. The van der Waals surface area contributed by atoms with Gasteiger partial charge in [0, 0.05) is 11.6 Å². The van der Waals surface area contributed by atoms with E-state index < -0.39 is 0 Å². The van der Waals surface area contributed by atoms with Crippen LogP contribution in [0.4, 0.5) is 0 Å². The molecule has 0 saturated heterocycles. The van der Waals surface area contributed by atoms with Gasteiger partial charge in [-0.15, -0.1) is 5.10 Å². The number of nitriles is 1. The molecule has 0 saturated carbocycles. The molecule has 4 heteroatoms. The molecule has 3 rings (SSSR count). The fourth-order valence-corrected chi connectivity index (χ4v) is 2.26. The minimum atomic E-state index is -0.169. The molecule has 0 radical (unpaired) electrons. The lowest BCUT2D eigenvalue weighted by atomic mass is 10.1. The summed E-state index contributed by atoms with van der Waals surface area (Å²) in [6.45, 7) is 2.16. The fourth-order valence-electron chi connectivity index (χ4n) is 2.26. The third-order valence-corrected chi connectivity index (χ3v) is 3.46. The molecule has 0 aliphatic rings. The summed E-state index contributed by atoms with van der Waals surface area (Å²) in [4.78, 5) is 0. The molecule has 0 bridgehead atoms. The van der Waals surface area contributed by atoms with E-state index in [0.717, 1.165) is 16.9 Å². The number of aromatic nitrogens is 2. The minimum Gasteiger partial charge on any atom is -0.475 e. The summed E-state index contributed by atoms with van der Waals surface area (Å²) in [6.07, 6.45) is 0. The predicted molar refractivity (Wildman–Crippen MR) is 89.3 cm³/mol. The zero-order chi connectivity index (χ0) is 16.1. The molecule has 0 spiro atoms. The molecule has 23 heavy (non-hydrogen) atoms. The van der Waals surface area contributed by atoms with Crippen LogP contribution in [0.2, 0.25) is 0 Å². The second-order valence-corrected chi connectivity index (χ2v) is 5.32. The van der Waals surface area contributed by atoms with E-state index in [4.69, 9.17) is 10.00 Å². The van der Waals surface area contributed by atoms with Crippen LogP contribution in [0.3, 0.4) is 0 Å². The highest BCUT2D eigenvalue weighted by atomic mass is 16.5. The molecule has 4 nitrogen and oxygen atoms in total. The second kappa shape index (κ2) is 6.80. The molecular weight excluding hydrogens is 286 g/mol. The first-order valence-corrected chi connectivity index (χ1v) is 7.51. The van der Waals surface area contributed by atoms with Crippen molar-refractivity contribution < 1.29 is 4.74 Å². The summed E-state index contributed by atoms with van der Waals surface area (Å²) in [7, 11) is 0. The van der Waals surface area contributed by atoms with Crippen LogP contribution in [0.1, 0.15) is 6.92 Å². The van der Waals surface area contributed by atoms with E-state index in [1.807, 2.05) is 78.3 Å². The first-order valence-electron chi connectivity index (χ1n) is 7.51. The summed E-state index contributed by atoms with van der Waals surface area (Å²) in [5.41, 5.74) is 2.98. The molecule has 1 unspecified atom stereocenters. The van der Waals surface area contributed by atoms with E-state index in [1.54, 1.807) is 0 Å². The number of rotatable bonds is 5. The van der Waals surface area contributed by atoms with E-state index in [0.29, 0.717) is 12.5 Å². The Kier molecular flexibility index (Phi) is 4.39. The van der Waals surface area contributed by atoms with Gasteiger partial charge in [-0.1, -0.05) is 48.5 Å². The Hall–Kier alpha value is -3.06. The molecule has 0 fully saturated rings. The van der Waals surface area contributed by atoms with Crippen molar-refractivity contribution in [3.63, 3.8) is 0 Å². The zero-order valence-electron chi connectivity index (χ0n) is 12.9. The number of ether oxygens (including phenoxy) is 1. The highest BCUT2D eigenvalue weighted by molar-refractivity contribution is 5.63. The molecule has 0 amide bonds. The van der Waals surface area contributed by atoms with Crippen LogP contribution in [0.25, 0.3) is 16.9 Å². The van der Waals surface area contributed by atoms with Gasteiger partial charge >= 0.3 is 0 Å². The van der Waals surface area contributed by atoms with Gasteiger partial charge in [-0.05, 0) is 19.1 Å². The van der Waals surface area contributed by atoms with Crippen molar-refractivity contribution >= 4 is 0 Å². The SMILES string of the molecule is CC(C#N)COc1cc(-c2ccccc2)n(-c2ccccc2)n1. The topological polar surface area (TPSA) is 50.8 Å². The molecule has 0 aliphatic heterocycles. The van der Waals surface area contributed by atoms with Crippen molar-refractivity contribution in [3.05, 3.63) is 66.7 Å². The van der Waals surface area contributed by atoms with Crippen molar-refractivity contribution in [2.24, 2.45) is 5.92 Å². The lowest BCUT2D eigenvalue weighted by molar-refractivity contribution is 0.276. The van der Waals surface area contributed by atoms with Crippen molar-refractivity contribution in [1.29, 1.82) is 5.26 Å². The van der Waals surface area contributed by atoms with Gasteiger partial charge in [0.15, 0.2) is 0 Å². The number of nitrogens with zero attached hydrogens (tertiary/aromatic N) is 3. The van der Waals surface area contributed by atoms with Gasteiger partial charge in [0.2, 0.25) is 5.88 Å². The van der Waals surface area contributed by atoms with E-state index in [1.165, 1.54) is 0 Å². The number of benzene rings is 2. The quantitative estimate of drug-likeness (QED) is 0.713. The lowest BCUT2D eigenvalue weighted by Gasteiger charge is -2.06. The highest BCUT2D eigenvalue weighted by Gasteiger charge is 2.13. The van der Waals surface area contributed by atoms with Crippen LogP contribution in [0.15, 0.2) is 66.7 Å². The van der Waals surface area contributed by atoms with E-state index in [-0.39, 0.29) is 5.92 Å². The Morgan fingerprint density at radius 3 is 2.39 bits per heavy atom. The average molecular weight is 303 g/mol. The zero-order valence-corrected chi connectivity index (χ0v) is 12.9. The van der Waals surface area contributed by atoms with Gasteiger partial charge < -0.3 is 4.74 Å². The number of hydrogen-bond donors (Lipinski definition) is 0. The van der Waals surface area contributed by atoms with Crippen molar-refractivity contribution in [1.82, 2.24) is 9.78 Å². The van der Waals surface area contributed by atoms with Crippen LogP contribution in [-0.4, -0.2) is 16.4 Å². The third-order valence-electron chi connectivity index (χ3n) is 3.46. The molecule has 0 N–H and O–H groups in total. The molecule has 2 aromatic carbocycles. The van der Waals surface area contributed by atoms with E-state index >= 15 is 0 Å². The molecular formula is C19H17N3O. The van der Waals surface area contributed by atoms with Crippen LogP contribution >= 0.6 is 0 Å². The van der Waals surface area contributed by atoms with Gasteiger partial charge in [0.05, 0.1) is 23.4 Å².